The Balaban J connectivity index is 2.51. The normalized spacial score (nSPS) is 8.64. The van der Waals surface area contributed by atoms with Gasteiger partial charge in [-0.05, 0) is 0 Å². The van der Waals surface area contributed by atoms with Gasteiger partial charge < -0.3 is 4.74 Å². The highest BCUT2D eigenvalue weighted by Crippen LogP contribution is 1.91. The maximum Gasteiger partial charge on any atom is 0.361 e. The first-order chi connectivity index (χ1) is 5.34. The molecule has 0 saturated heterocycles. The summed E-state index contributed by atoms with van der Waals surface area (Å²) in [6, 6.07) is 0. The van der Waals surface area contributed by atoms with Crippen LogP contribution in [-0.2, 0) is 4.74 Å². The monoisotopic (exact) mass is 151 g/mol. The largest absolute Gasteiger partial charge is 0.448 e. The summed E-state index contributed by atoms with van der Waals surface area (Å²) in [4.78, 5) is 10.8. The topological polar surface area (TPSA) is 67.9 Å². The summed E-state index contributed by atoms with van der Waals surface area (Å²) in [5.41, 5.74) is 0.125. The number of aromatic amines is 1. The molecule has 11 heavy (non-hydrogen) atoms. The molecule has 0 fully saturated rings. The molecule has 0 aliphatic heterocycles. The van der Waals surface area contributed by atoms with E-state index in [-0.39, 0.29) is 12.3 Å². The second-order valence-electron chi connectivity index (χ2n) is 1.64. The molecule has 1 heterocycles. The van der Waals surface area contributed by atoms with Crippen LogP contribution in [0.25, 0.3) is 0 Å². The first-order valence-corrected chi connectivity index (χ1v) is 2.81. The molecular weight excluding hydrogens is 146 g/mol. The number of hydrogen-bond acceptors (Lipinski definition) is 4. The van der Waals surface area contributed by atoms with E-state index in [0.29, 0.717) is 0 Å². The third-order valence-electron chi connectivity index (χ3n) is 0.911. The van der Waals surface area contributed by atoms with Crippen LogP contribution in [0.5, 0.6) is 0 Å². The summed E-state index contributed by atoms with van der Waals surface area (Å²) in [5.74, 6) is 1.59. The molecule has 1 rings (SSSR count). The zero-order valence-electron chi connectivity index (χ0n) is 5.57. The van der Waals surface area contributed by atoms with Crippen molar-refractivity contribution in [3.63, 3.8) is 0 Å². The summed E-state index contributed by atoms with van der Waals surface area (Å²) in [5, 5.41) is 9.19. The number of hydrogen-bond donors (Lipinski definition) is 1. The van der Waals surface area contributed by atoms with Crippen LogP contribution in [0, 0.1) is 12.3 Å². The van der Waals surface area contributed by atoms with Gasteiger partial charge in [0.15, 0.2) is 12.3 Å². The highest BCUT2D eigenvalue weighted by molar-refractivity contribution is 5.86. The molecule has 1 N–H and O–H groups in total. The van der Waals surface area contributed by atoms with E-state index >= 15 is 0 Å². The lowest BCUT2D eigenvalue weighted by Gasteiger charge is -1.93. The molecule has 0 aliphatic rings. The smallest absolute Gasteiger partial charge is 0.361 e. The van der Waals surface area contributed by atoms with E-state index in [1.807, 2.05) is 0 Å². The zero-order chi connectivity index (χ0) is 8.10. The molecule has 5 nitrogen and oxygen atoms in total. The minimum Gasteiger partial charge on any atom is -0.448 e. The van der Waals surface area contributed by atoms with Crippen molar-refractivity contribution in [1.82, 2.24) is 15.4 Å². The maximum absolute atomic E-state index is 10.8. The van der Waals surface area contributed by atoms with Crippen LogP contribution in [0.2, 0.25) is 0 Å². The molecular formula is C6H5N3O2. The number of H-pyrrole nitrogens is 1. The van der Waals surface area contributed by atoms with Crippen LogP contribution in [0.3, 0.4) is 0 Å². The van der Waals surface area contributed by atoms with Gasteiger partial charge in [0.2, 0.25) is 0 Å². The Hall–Kier alpha value is -1.83. The predicted molar refractivity (Wildman–Crippen MR) is 35.5 cm³/mol. The Morgan fingerprint density at radius 2 is 2.73 bits per heavy atom. The maximum atomic E-state index is 10.8. The summed E-state index contributed by atoms with van der Waals surface area (Å²) < 4.78 is 4.54. The highest BCUT2D eigenvalue weighted by Gasteiger charge is 2.08. The van der Waals surface area contributed by atoms with Gasteiger partial charge in [-0.15, -0.1) is 11.5 Å². The predicted octanol–water partition coefficient (Wildman–Crippen LogP) is -0.405. The minimum absolute atomic E-state index is 0.0499. The van der Waals surface area contributed by atoms with Gasteiger partial charge in [-0.3, -0.25) is 0 Å². The van der Waals surface area contributed by atoms with Crippen molar-refractivity contribution in [3.8, 4) is 12.3 Å². The molecule has 0 aliphatic carbocycles. The summed E-state index contributed by atoms with van der Waals surface area (Å²) in [6.45, 7) is -0.0499. The lowest BCUT2D eigenvalue weighted by atomic mass is 10.5. The van der Waals surface area contributed by atoms with Gasteiger partial charge in [0, 0.05) is 0 Å². The second-order valence-corrected chi connectivity index (χ2v) is 1.64. The molecule has 0 atom stereocenters. The molecule has 1 aromatic heterocycles. The Morgan fingerprint density at radius 3 is 3.27 bits per heavy atom. The number of carbonyl (C=O) groups is 1. The van der Waals surface area contributed by atoms with Crippen molar-refractivity contribution in [2.75, 3.05) is 6.61 Å². The number of esters is 1. The fourth-order valence-corrected chi connectivity index (χ4v) is 0.481. The standard InChI is InChI=1S/C6H5N3O2/c1-2-3-11-6(10)5-4-7-9-8-5/h1,4H,3H2,(H,7,8,9). The quantitative estimate of drug-likeness (QED) is 0.461. The average Bonchev–Trinajstić information content (AvgIpc) is 2.52. The fourth-order valence-electron chi connectivity index (χ4n) is 0.481. The summed E-state index contributed by atoms with van der Waals surface area (Å²) in [7, 11) is 0. The molecule has 0 aromatic carbocycles. The number of aromatic nitrogens is 3. The third-order valence-corrected chi connectivity index (χ3v) is 0.911. The number of nitrogens with one attached hydrogen (secondary N) is 1. The lowest BCUT2D eigenvalue weighted by Crippen LogP contribution is -2.05. The first-order valence-electron chi connectivity index (χ1n) is 2.81. The number of rotatable bonds is 2. The zero-order valence-corrected chi connectivity index (χ0v) is 5.57. The number of ether oxygens (including phenoxy) is 1. The van der Waals surface area contributed by atoms with Gasteiger partial charge in [0.05, 0.1) is 6.20 Å². The van der Waals surface area contributed by atoms with Gasteiger partial charge in [-0.25, -0.2) is 4.79 Å². The highest BCUT2D eigenvalue weighted by atomic mass is 16.5. The van der Waals surface area contributed by atoms with E-state index in [1.54, 1.807) is 0 Å². The second kappa shape index (κ2) is 3.37. The molecule has 1 aromatic rings. The van der Waals surface area contributed by atoms with E-state index in [9.17, 15) is 4.79 Å². The molecule has 0 spiro atoms. The third kappa shape index (κ3) is 1.79. The van der Waals surface area contributed by atoms with Crippen LogP contribution in [0.1, 0.15) is 10.5 Å². The van der Waals surface area contributed by atoms with Gasteiger partial charge in [-0.1, -0.05) is 5.92 Å². The van der Waals surface area contributed by atoms with Gasteiger partial charge in [0.1, 0.15) is 0 Å². The van der Waals surface area contributed by atoms with E-state index in [1.165, 1.54) is 6.20 Å². The molecule has 0 amide bonds. The number of terminal acetylenes is 1. The van der Waals surface area contributed by atoms with Crippen molar-refractivity contribution >= 4 is 5.97 Å². The van der Waals surface area contributed by atoms with Crippen LogP contribution >= 0.6 is 0 Å². The summed E-state index contributed by atoms with van der Waals surface area (Å²) in [6.07, 6.45) is 6.12. The van der Waals surface area contributed by atoms with Crippen molar-refractivity contribution in [2.24, 2.45) is 0 Å². The van der Waals surface area contributed by atoms with Crippen LogP contribution in [0.15, 0.2) is 6.20 Å². The Morgan fingerprint density at radius 1 is 1.91 bits per heavy atom. The number of carbonyl (C=O) groups excluding carboxylic acids is 1. The average molecular weight is 151 g/mol. The molecule has 0 bridgehead atoms. The van der Waals surface area contributed by atoms with E-state index in [4.69, 9.17) is 6.42 Å². The van der Waals surface area contributed by atoms with Crippen LogP contribution < -0.4 is 0 Å². The van der Waals surface area contributed by atoms with Crippen LogP contribution in [0.4, 0.5) is 0 Å². The van der Waals surface area contributed by atoms with Crippen molar-refractivity contribution in [3.05, 3.63) is 11.9 Å². The van der Waals surface area contributed by atoms with Gasteiger partial charge >= 0.3 is 5.97 Å². The molecule has 0 radical (unpaired) electrons. The van der Waals surface area contributed by atoms with Crippen molar-refractivity contribution < 1.29 is 9.53 Å². The Kier molecular flexibility index (Phi) is 2.23. The SMILES string of the molecule is C#CCOC(=O)c1cn[nH]n1. The molecule has 56 valence electrons. The van der Waals surface area contributed by atoms with E-state index in [2.05, 4.69) is 26.1 Å². The van der Waals surface area contributed by atoms with Crippen molar-refractivity contribution in [2.45, 2.75) is 0 Å². The fraction of sp³-hybridized carbons (Fsp3) is 0.167. The minimum atomic E-state index is -0.572. The molecule has 0 saturated carbocycles. The lowest BCUT2D eigenvalue weighted by molar-refractivity contribution is 0.0550. The first kappa shape index (κ1) is 7.28. The van der Waals surface area contributed by atoms with Gasteiger partial charge in [0.25, 0.3) is 0 Å². The summed E-state index contributed by atoms with van der Waals surface area (Å²) >= 11 is 0. The Labute approximate surface area is 62.8 Å². The number of nitrogens with zero attached hydrogens (tertiary/aromatic N) is 2. The Bertz CT molecular complexity index is 273. The molecule has 0 unspecified atom stereocenters. The van der Waals surface area contributed by atoms with Crippen molar-refractivity contribution in [1.29, 1.82) is 0 Å². The molecule has 5 heteroatoms. The van der Waals surface area contributed by atoms with Crippen LogP contribution in [-0.4, -0.2) is 28.0 Å². The van der Waals surface area contributed by atoms with E-state index in [0.717, 1.165) is 0 Å². The van der Waals surface area contributed by atoms with E-state index < -0.39 is 5.97 Å². The van der Waals surface area contributed by atoms with Gasteiger partial charge in [-0.2, -0.15) is 10.3 Å².